The van der Waals surface area contributed by atoms with Crippen molar-refractivity contribution >= 4 is 11.8 Å². The van der Waals surface area contributed by atoms with E-state index in [-0.39, 0.29) is 0 Å². The molecule has 2 aromatic rings. The molecule has 1 aliphatic rings. The molecule has 0 unspecified atom stereocenters. The van der Waals surface area contributed by atoms with Crippen LogP contribution in [0.1, 0.15) is 25.3 Å². The summed E-state index contributed by atoms with van der Waals surface area (Å²) < 4.78 is 5.95. The zero-order valence-corrected chi connectivity index (χ0v) is 10.8. The minimum Gasteiger partial charge on any atom is -0.455 e. The zero-order chi connectivity index (χ0) is 11.8. The van der Waals surface area contributed by atoms with Crippen LogP contribution in [0.5, 0.6) is 11.5 Å². The Bertz CT molecular complexity index is 561. The van der Waals surface area contributed by atoms with Gasteiger partial charge >= 0.3 is 0 Å². The van der Waals surface area contributed by atoms with E-state index in [1.54, 1.807) is 0 Å². The van der Waals surface area contributed by atoms with Crippen LogP contribution in [0.15, 0.2) is 52.3 Å². The fourth-order valence-electron chi connectivity index (χ4n) is 2.02. The highest BCUT2D eigenvalue weighted by Crippen LogP contribution is 2.49. The molecule has 2 aromatic carbocycles. The van der Waals surface area contributed by atoms with Crippen LogP contribution in [-0.2, 0) is 0 Å². The van der Waals surface area contributed by atoms with Gasteiger partial charge in [-0.15, -0.1) is 0 Å². The van der Waals surface area contributed by atoms with Gasteiger partial charge in [0, 0.05) is 0 Å². The molecule has 0 saturated heterocycles. The van der Waals surface area contributed by atoms with Gasteiger partial charge in [-0.1, -0.05) is 49.9 Å². The molecule has 0 radical (unpaired) electrons. The zero-order valence-electron chi connectivity index (χ0n) is 9.94. The molecule has 2 heteroatoms. The maximum Gasteiger partial charge on any atom is 0.141 e. The average molecular weight is 242 g/mol. The van der Waals surface area contributed by atoms with Crippen molar-refractivity contribution in [1.29, 1.82) is 0 Å². The number of fused-ring (bicyclic) bond motifs is 2. The fraction of sp³-hybridized carbons (Fsp3) is 0.200. The minimum absolute atomic E-state index is 0.520. The molecule has 3 rings (SSSR count). The Hall–Kier alpha value is -1.41. The quantitative estimate of drug-likeness (QED) is 0.589. The van der Waals surface area contributed by atoms with Crippen molar-refractivity contribution < 1.29 is 4.74 Å². The first-order chi connectivity index (χ1) is 8.25. The lowest BCUT2D eigenvalue weighted by molar-refractivity contribution is 0.452. The van der Waals surface area contributed by atoms with Crippen molar-refractivity contribution in [2.45, 2.75) is 29.6 Å². The first-order valence-corrected chi connectivity index (χ1v) is 6.65. The van der Waals surface area contributed by atoms with Crippen LogP contribution >= 0.6 is 11.8 Å². The van der Waals surface area contributed by atoms with Crippen LogP contribution in [-0.4, -0.2) is 0 Å². The summed E-state index contributed by atoms with van der Waals surface area (Å²) in [5.74, 6) is 2.47. The van der Waals surface area contributed by atoms with E-state index in [9.17, 15) is 0 Å². The second kappa shape index (κ2) is 4.11. The summed E-state index contributed by atoms with van der Waals surface area (Å²) in [6, 6.07) is 14.5. The monoisotopic (exact) mass is 242 g/mol. The van der Waals surface area contributed by atoms with Crippen LogP contribution in [0, 0.1) is 0 Å². The number of ether oxygens (including phenoxy) is 1. The lowest BCUT2D eigenvalue weighted by atomic mass is 10.0. The molecule has 0 aromatic heterocycles. The molecule has 0 atom stereocenters. The summed E-state index contributed by atoms with van der Waals surface area (Å²) in [6.45, 7) is 4.44. The summed E-state index contributed by atoms with van der Waals surface area (Å²) in [4.78, 5) is 2.47. The molecule has 0 fully saturated rings. The predicted octanol–water partition coefficient (Wildman–Crippen LogP) is 5.07. The van der Waals surface area contributed by atoms with Crippen LogP contribution in [0.4, 0.5) is 0 Å². The second-order valence-electron chi connectivity index (χ2n) is 4.48. The van der Waals surface area contributed by atoms with E-state index in [0.717, 1.165) is 11.5 Å². The third-order valence-electron chi connectivity index (χ3n) is 2.91. The molecule has 0 bridgehead atoms. The Morgan fingerprint density at radius 2 is 1.71 bits per heavy atom. The topological polar surface area (TPSA) is 9.23 Å². The van der Waals surface area contributed by atoms with Crippen LogP contribution in [0.25, 0.3) is 0 Å². The second-order valence-corrected chi connectivity index (χ2v) is 5.53. The van der Waals surface area contributed by atoms with E-state index >= 15 is 0 Å². The third-order valence-corrected chi connectivity index (χ3v) is 4.11. The van der Waals surface area contributed by atoms with Gasteiger partial charge in [0.1, 0.15) is 11.5 Å². The summed E-state index contributed by atoms with van der Waals surface area (Å²) in [6.07, 6.45) is 0. The lowest BCUT2D eigenvalue weighted by Crippen LogP contribution is -1.99. The number of para-hydroxylation sites is 1. The van der Waals surface area contributed by atoms with Crippen LogP contribution < -0.4 is 4.74 Å². The molecule has 1 nitrogen and oxygen atoms in total. The minimum atomic E-state index is 0.520. The van der Waals surface area contributed by atoms with Crippen molar-refractivity contribution in [3.63, 3.8) is 0 Å². The van der Waals surface area contributed by atoms with Gasteiger partial charge in [0.15, 0.2) is 0 Å². The van der Waals surface area contributed by atoms with E-state index in [1.807, 2.05) is 30.0 Å². The highest BCUT2D eigenvalue weighted by molar-refractivity contribution is 7.99. The molecule has 0 aliphatic carbocycles. The SMILES string of the molecule is CC(C)c1cccc2c1Sc1ccccc1O2. The number of hydrogen-bond acceptors (Lipinski definition) is 2. The first-order valence-electron chi connectivity index (χ1n) is 5.83. The van der Waals surface area contributed by atoms with Crippen LogP contribution in [0.2, 0.25) is 0 Å². The largest absolute Gasteiger partial charge is 0.455 e. The predicted molar refractivity (Wildman–Crippen MR) is 71.2 cm³/mol. The number of hydrogen-bond donors (Lipinski definition) is 0. The van der Waals surface area contributed by atoms with Gasteiger partial charge in [0.05, 0.1) is 9.79 Å². The van der Waals surface area contributed by atoms with Gasteiger partial charge in [-0.2, -0.15) is 0 Å². The number of rotatable bonds is 1. The van der Waals surface area contributed by atoms with Crippen molar-refractivity contribution in [2.75, 3.05) is 0 Å². The molecule has 0 amide bonds. The standard InChI is InChI=1S/C15H14OS/c1-10(2)11-6-5-8-13-15(11)17-14-9-4-3-7-12(14)16-13/h3-10H,1-2H3. The molecule has 86 valence electrons. The normalized spacial score (nSPS) is 12.9. The third kappa shape index (κ3) is 1.83. The Labute approximate surface area is 106 Å². The Balaban J connectivity index is 2.12. The van der Waals surface area contributed by atoms with Gasteiger partial charge in [-0.05, 0) is 29.7 Å². The molecule has 0 N–H and O–H groups in total. The van der Waals surface area contributed by atoms with Crippen molar-refractivity contribution in [3.05, 3.63) is 48.0 Å². The first kappa shape index (κ1) is 10.7. The van der Waals surface area contributed by atoms with Gasteiger partial charge in [-0.3, -0.25) is 0 Å². The Kier molecular flexibility index (Phi) is 2.60. The summed E-state index contributed by atoms with van der Waals surface area (Å²) >= 11 is 1.81. The van der Waals surface area contributed by atoms with E-state index in [4.69, 9.17) is 4.74 Å². The highest BCUT2D eigenvalue weighted by atomic mass is 32.2. The fourth-order valence-corrected chi connectivity index (χ4v) is 3.23. The highest BCUT2D eigenvalue weighted by Gasteiger charge is 2.20. The van der Waals surface area contributed by atoms with Gasteiger partial charge in [0.25, 0.3) is 0 Å². The number of benzene rings is 2. The van der Waals surface area contributed by atoms with E-state index in [1.165, 1.54) is 15.4 Å². The van der Waals surface area contributed by atoms with E-state index < -0.39 is 0 Å². The smallest absolute Gasteiger partial charge is 0.141 e. The Morgan fingerprint density at radius 1 is 0.941 bits per heavy atom. The summed E-state index contributed by atoms with van der Waals surface area (Å²) in [5, 5.41) is 0. The van der Waals surface area contributed by atoms with Crippen LogP contribution in [0.3, 0.4) is 0 Å². The molecule has 0 spiro atoms. The van der Waals surface area contributed by atoms with Gasteiger partial charge < -0.3 is 4.74 Å². The average Bonchev–Trinajstić information content (AvgIpc) is 2.35. The maximum absolute atomic E-state index is 5.95. The molecule has 0 saturated carbocycles. The van der Waals surface area contributed by atoms with Crippen molar-refractivity contribution in [3.8, 4) is 11.5 Å². The molecule has 17 heavy (non-hydrogen) atoms. The van der Waals surface area contributed by atoms with Gasteiger partial charge in [0.2, 0.25) is 0 Å². The van der Waals surface area contributed by atoms with E-state index in [0.29, 0.717) is 5.92 Å². The van der Waals surface area contributed by atoms with E-state index in [2.05, 4.69) is 38.1 Å². The molecule has 1 heterocycles. The lowest BCUT2D eigenvalue weighted by Gasteiger charge is -2.22. The van der Waals surface area contributed by atoms with Crippen molar-refractivity contribution in [2.24, 2.45) is 0 Å². The summed E-state index contributed by atoms with van der Waals surface area (Å²) in [5.41, 5.74) is 1.36. The molecular formula is C15H14OS. The van der Waals surface area contributed by atoms with Gasteiger partial charge in [-0.25, -0.2) is 0 Å². The molecular weight excluding hydrogens is 228 g/mol. The Morgan fingerprint density at radius 3 is 2.53 bits per heavy atom. The summed E-state index contributed by atoms with van der Waals surface area (Å²) in [7, 11) is 0. The maximum atomic E-state index is 5.95. The van der Waals surface area contributed by atoms with Crippen molar-refractivity contribution in [1.82, 2.24) is 0 Å². The molecule has 1 aliphatic heterocycles.